The van der Waals surface area contributed by atoms with E-state index in [1.54, 1.807) is 7.11 Å². The Hall–Kier alpha value is -0.570. The molecule has 78 valence electrons. The Kier molecular flexibility index (Phi) is 4.99. The van der Waals surface area contributed by atoms with Crippen LogP contribution in [0.4, 0.5) is 0 Å². The molecule has 0 rings (SSSR count). The topological polar surface area (TPSA) is 46.5 Å². The average molecular weight is 188 g/mol. The lowest BCUT2D eigenvalue weighted by Gasteiger charge is -2.32. The van der Waals surface area contributed by atoms with Gasteiger partial charge in [-0.25, -0.2) is 0 Å². The van der Waals surface area contributed by atoms with Gasteiger partial charge in [-0.1, -0.05) is 20.8 Å². The summed E-state index contributed by atoms with van der Waals surface area (Å²) < 4.78 is 5.00. The van der Waals surface area contributed by atoms with E-state index < -0.39 is 11.4 Å². The van der Waals surface area contributed by atoms with Gasteiger partial charge in [0.2, 0.25) is 0 Å². The highest BCUT2D eigenvalue weighted by Gasteiger charge is 2.40. The number of hydrogen-bond donors (Lipinski definition) is 1. The Morgan fingerprint density at radius 2 is 1.92 bits per heavy atom. The van der Waals surface area contributed by atoms with E-state index in [1.165, 1.54) is 0 Å². The number of ether oxygens (including phenoxy) is 1. The van der Waals surface area contributed by atoms with Crippen LogP contribution in [0.15, 0.2) is 0 Å². The van der Waals surface area contributed by atoms with Gasteiger partial charge in [-0.05, 0) is 18.8 Å². The second-order valence-electron chi connectivity index (χ2n) is 3.52. The van der Waals surface area contributed by atoms with E-state index in [2.05, 4.69) is 0 Å². The summed E-state index contributed by atoms with van der Waals surface area (Å²) >= 11 is 0. The fourth-order valence-electron chi connectivity index (χ4n) is 1.87. The third kappa shape index (κ3) is 2.44. The minimum absolute atomic E-state index is 0.0602. The minimum Gasteiger partial charge on any atom is -0.481 e. The fraction of sp³-hybridized carbons (Fsp3) is 0.900. The van der Waals surface area contributed by atoms with Crippen LogP contribution in [0.5, 0.6) is 0 Å². The van der Waals surface area contributed by atoms with Crippen LogP contribution in [0.3, 0.4) is 0 Å². The first-order valence-corrected chi connectivity index (χ1v) is 4.77. The molecule has 1 unspecified atom stereocenters. The van der Waals surface area contributed by atoms with Gasteiger partial charge in [0.05, 0.1) is 5.41 Å². The van der Waals surface area contributed by atoms with E-state index in [0.29, 0.717) is 19.4 Å². The second-order valence-corrected chi connectivity index (χ2v) is 3.52. The van der Waals surface area contributed by atoms with Crippen LogP contribution < -0.4 is 0 Å². The van der Waals surface area contributed by atoms with Gasteiger partial charge in [0.15, 0.2) is 0 Å². The molecule has 0 heterocycles. The van der Waals surface area contributed by atoms with Crippen LogP contribution in [0.1, 0.15) is 33.6 Å². The predicted octanol–water partition coefficient (Wildman–Crippen LogP) is 2.16. The normalized spacial score (nSPS) is 14.2. The lowest BCUT2D eigenvalue weighted by molar-refractivity contribution is -0.154. The lowest BCUT2D eigenvalue weighted by atomic mass is 9.72. The zero-order valence-electron chi connectivity index (χ0n) is 8.96. The highest BCUT2D eigenvalue weighted by molar-refractivity contribution is 5.74. The molecule has 3 heteroatoms. The van der Waals surface area contributed by atoms with E-state index in [9.17, 15) is 4.79 Å². The first-order valence-electron chi connectivity index (χ1n) is 4.77. The molecule has 0 spiro atoms. The standard InChI is InChI=1S/C10H20O3/c1-5-10(6-2,9(11)12)8(3)7-13-4/h8H,5-7H2,1-4H3,(H,11,12). The van der Waals surface area contributed by atoms with Crippen molar-refractivity contribution in [2.45, 2.75) is 33.6 Å². The molecule has 1 N–H and O–H groups in total. The SMILES string of the molecule is CCC(CC)(C(=O)O)C(C)COC. The summed E-state index contributed by atoms with van der Waals surface area (Å²) in [6, 6.07) is 0. The van der Waals surface area contributed by atoms with Gasteiger partial charge in [0.1, 0.15) is 0 Å². The van der Waals surface area contributed by atoms with E-state index in [4.69, 9.17) is 9.84 Å². The van der Waals surface area contributed by atoms with Crippen molar-refractivity contribution in [3.63, 3.8) is 0 Å². The van der Waals surface area contributed by atoms with Gasteiger partial charge in [0, 0.05) is 13.7 Å². The van der Waals surface area contributed by atoms with Crippen molar-refractivity contribution in [1.82, 2.24) is 0 Å². The Bertz CT molecular complexity index is 162. The van der Waals surface area contributed by atoms with Crippen molar-refractivity contribution in [2.75, 3.05) is 13.7 Å². The van der Waals surface area contributed by atoms with E-state index in [0.717, 1.165) is 0 Å². The molecule has 13 heavy (non-hydrogen) atoms. The number of hydrogen-bond acceptors (Lipinski definition) is 2. The predicted molar refractivity (Wildman–Crippen MR) is 51.7 cm³/mol. The molecule has 0 saturated heterocycles. The molecule has 0 aliphatic heterocycles. The highest BCUT2D eigenvalue weighted by atomic mass is 16.5. The molecule has 0 amide bonds. The van der Waals surface area contributed by atoms with E-state index in [1.807, 2.05) is 20.8 Å². The minimum atomic E-state index is -0.706. The van der Waals surface area contributed by atoms with Gasteiger partial charge >= 0.3 is 5.97 Å². The van der Waals surface area contributed by atoms with Crippen molar-refractivity contribution in [2.24, 2.45) is 11.3 Å². The number of carbonyl (C=O) groups is 1. The number of aliphatic carboxylic acids is 1. The van der Waals surface area contributed by atoms with Crippen LogP contribution in [-0.2, 0) is 9.53 Å². The molecule has 0 saturated carbocycles. The molecule has 0 aliphatic rings. The first-order chi connectivity index (χ1) is 6.05. The second kappa shape index (κ2) is 5.22. The Morgan fingerprint density at radius 3 is 2.15 bits per heavy atom. The molecule has 0 radical (unpaired) electrons. The first kappa shape index (κ1) is 12.4. The van der Waals surface area contributed by atoms with Crippen molar-refractivity contribution < 1.29 is 14.6 Å². The van der Waals surface area contributed by atoms with Gasteiger partial charge in [-0.3, -0.25) is 4.79 Å². The van der Waals surface area contributed by atoms with Crippen molar-refractivity contribution in [3.8, 4) is 0 Å². The Balaban J connectivity index is 4.64. The summed E-state index contributed by atoms with van der Waals surface area (Å²) in [4.78, 5) is 11.1. The summed E-state index contributed by atoms with van der Waals surface area (Å²) in [5, 5.41) is 9.17. The maximum absolute atomic E-state index is 11.1. The molecule has 1 atom stereocenters. The molecule has 3 nitrogen and oxygen atoms in total. The van der Waals surface area contributed by atoms with Gasteiger partial charge < -0.3 is 9.84 Å². The molecule has 0 fully saturated rings. The van der Waals surface area contributed by atoms with Gasteiger partial charge in [0.25, 0.3) is 0 Å². The molecule has 0 aliphatic carbocycles. The third-order valence-electron chi connectivity index (χ3n) is 3.05. The quantitative estimate of drug-likeness (QED) is 0.694. The third-order valence-corrected chi connectivity index (χ3v) is 3.05. The summed E-state index contributed by atoms with van der Waals surface area (Å²) in [7, 11) is 1.61. The summed E-state index contributed by atoms with van der Waals surface area (Å²) in [6.07, 6.45) is 1.31. The maximum atomic E-state index is 11.1. The molecular formula is C10H20O3. The fourth-order valence-corrected chi connectivity index (χ4v) is 1.87. The largest absolute Gasteiger partial charge is 0.481 e. The smallest absolute Gasteiger partial charge is 0.309 e. The summed E-state index contributed by atoms with van der Waals surface area (Å²) in [6.45, 7) is 6.28. The van der Waals surface area contributed by atoms with E-state index >= 15 is 0 Å². The zero-order valence-corrected chi connectivity index (χ0v) is 8.96. The van der Waals surface area contributed by atoms with Crippen LogP contribution in [0, 0.1) is 11.3 Å². The molecular weight excluding hydrogens is 168 g/mol. The zero-order chi connectivity index (χ0) is 10.5. The maximum Gasteiger partial charge on any atom is 0.309 e. The molecule has 0 bridgehead atoms. The van der Waals surface area contributed by atoms with Gasteiger partial charge in [-0.15, -0.1) is 0 Å². The van der Waals surface area contributed by atoms with Crippen LogP contribution in [0.25, 0.3) is 0 Å². The number of carboxylic acid groups (broad SMARTS) is 1. The average Bonchev–Trinajstić information content (AvgIpc) is 2.07. The Morgan fingerprint density at radius 1 is 1.46 bits per heavy atom. The Labute approximate surface area is 80.1 Å². The lowest BCUT2D eigenvalue weighted by Crippen LogP contribution is -2.38. The molecule has 0 aromatic heterocycles. The van der Waals surface area contributed by atoms with E-state index in [-0.39, 0.29) is 5.92 Å². The van der Waals surface area contributed by atoms with Crippen LogP contribution >= 0.6 is 0 Å². The molecule has 0 aromatic carbocycles. The van der Waals surface area contributed by atoms with Crippen LogP contribution in [0.2, 0.25) is 0 Å². The van der Waals surface area contributed by atoms with Gasteiger partial charge in [-0.2, -0.15) is 0 Å². The van der Waals surface area contributed by atoms with Crippen molar-refractivity contribution >= 4 is 5.97 Å². The number of methoxy groups -OCH3 is 1. The summed E-state index contributed by atoms with van der Waals surface area (Å²) in [5.74, 6) is -0.646. The highest BCUT2D eigenvalue weighted by Crippen LogP contribution is 2.35. The van der Waals surface area contributed by atoms with Crippen molar-refractivity contribution in [1.29, 1.82) is 0 Å². The number of rotatable bonds is 6. The number of carboxylic acids is 1. The van der Waals surface area contributed by atoms with Crippen molar-refractivity contribution in [3.05, 3.63) is 0 Å². The molecule has 0 aromatic rings. The van der Waals surface area contributed by atoms with Crippen LogP contribution in [-0.4, -0.2) is 24.8 Å². The summed E-state index contributed by atoms with van der Waals surface area (Å²) in [5.41, 5.74) is -0.615. The monoisotopic (exact) mass is 188 g/mol.